The highest BCUT2D eigenvalue weighted by molar-refractivity contribution is 5.29. The average Bonchev–Trinajstić information content (AvgIpc) is 2.48. The van der Waals surface area contributed by atoms with Gasteiger partial charge in [0.1, 0.15) is 5.82 Å². The van der Waals surface area contributed by atoms with Crippen LogP contribution in [-0.4, -0.2) is 18.8 Å². The van der Waals surface area contributed by atoms with E-state index in [9.17, 15) is 13.9 Å². The molecule has 1 atom stereocenters. The standard InChI is InChI=1S/C16H17F2NO2/c1-21-16-7-6-11(8-14(16)18)9-19-10-15(20)12-4-2-3-5-13(12)17/h2-8,15,19-20H,9-10H2,1H3. The summed E-state index contributed by atoms with van der Waals surface area (Å²) in [6.07, 6.45) is -0.950. The number of methoxy groups -OCH3 is 1. The number of rotatable bonds is 6. The first-order valence-electron chi connectivity index (χ1n) is 6.57. The van der Waals surface area contributed by atoms with E-state index in [1.54, 1.807) is 24.3 Å². The Labute approximate surface area is 122 Å². The Bertz CT molecular complexity index is 605. The van der Waals surface area contributed by atoms with E-state index in [0.29, 0.717) is 12.1 Å². The lowest BCUT2D eigenvalue weighted by Gasteiger charge is -2.13. The van der Waals surface area contributed by atoms with Crippen molar-refractivity contribution in [3.05, 3.63) is 65.2 Å². The number of hydrogen-bond acceptors (Lipinski definition) is 3. The summed E-state index contributed by atoms with van der Waals surface area (Å²) >= 11 is 0. The molecule has 112 valence electrons. The Balaban J connectivity index is 1.89. The molecule has 0 fully saturated rings. The SMILES string of the molecule is COc1ccc(CNCC(O)c2ccccc2F)cc1F. The summed E-state index contributed by atoms with van der Waals surface area (Å²) < 4.78 is 31.8. The number of hydrogen-bond donors (Lipinski definition) is 2. The zero-order valence-corrected chi connectivity index (χ0v) is 11.6. The lowest BCUT2D eigenvalue weighted by Crippen LogP contribution is -2.21. The van der Waals surface area contributed by atoms with Crippen LogP contribution >= 0.6 is 0 Å². The van der Waals surface area contributed by atoms with Crippen molar-refractivity contribution in [2.24, 2.45) is 0 Å². The predicted octanol–water partition coefficient (Wildman–Crippen LogP) is 2.80. The minimum Gasteiger partial charge on any atom is -0.494 e. The minimum atomic E-state index is -0.950. The van der Waals surface area contributed by atoms with Crippen molar-refractivity contribution < 1.29 is 18.6 Å². The van der Waals surface area contributed by atoms with Gasteiger partial charge in [0.05, 0.1) is 13.2 Å². The normalized spacial score (nSPS) is 12.2. The summed E-state index contributed by atoms with van der Waals surface area (Å²) in [7, 11) is 1.40. The Morgan fingerprint density at radius 3 is 2.57 bits per heavy atom. The maximum Gasteiger partial charge on any atom is 0.165 e. The average molecular weight is 293 g/mol. The molecule has 0 heterocycles. The van der Waals surface area contributed by atoms with E-state index in [0.717, 1.165) is 0 Å². The molecule has 0 aliphatic carbocycles. The summed E-state index contributed by atoms with van der Waals surface area (Å²) in [5, 5.41) is 12.9. The first kappa shape index (κ1) is 15.4. The maximum absolute atomic E-state index is 13.5. The third-order valence-corrected chi connectivity index (χ3v) is 3.15. The molecule has 2 N–H and O–H groups in total. The zero-order chi connectivity index (χ0) is 15.2. The molecule has 2 aromatic rings. The van der Waals surface area contributed by atoms with Gasteiger partial charge in [0, 0.05) is 18.7 Å². The molecule has 0 aliphatic heterocycles. The molecule has 0 radical (unpaired) electrons. The van der Waals surface area contributed by atoms with Gasteiger partial charge in [-0.25, -0.2) is 8.78 Å². The van der Waals surface area contributed by atoms with Gasteiger partial charge in [0.2, 0.25) is 0 Å². The Morgan fingerprint density at radius 1 is 1.14 bits per heavy atom. The third kappa shape index (κ3) is 4.00. The second-order valence-corrected chi connectivity index (χ2v) is 4.64. The van der Waals surface area contributed by atoms with Crippen LogP contribution in [0, 0.1) is 11.6 Å². The molecule has 3 nitrogen and oxygen atoms in total. The smallest absolute Gasteiger partial charge is 0.165 e. The molecule has 2 aromatic carbocycles. The van der Waals surface area contributed by atoms with E-state index >= 15 is 0 Å². The topological polar surface area (TPSA) is 41.5 Å². The second kappa shape index (κ2) is 7.15. The van der Waals surface area contributed by atoms with Crippen molar-refractivity contribution >= 4 is 0 Å². The number of benzene rings is 2. The lowest BCUT2D eigenvalue weighted by molar-refractivity contribution is 0.169. The van der Waals surface area contributed by atoms with Crippen molar-refractivity contribution in [1.82, 2.24) is 5.32 Å². The minimum absolute atomic E-state index is 0.175. The fourth-order valence-corrected chi connectivity index (χ4v) is 2.03. The molecular weight excluding hydrogens is 276 g/mol. The van der Waals surface area contributed by atoms with Crippen LogP contribution in [0.25, 0.3) is 0 Å². The Hall–Kier alpha value is -1.98. The summed E-state index contributed by atoms with van der Waals surface area (Å²) in [6.45, 7) is 0.543. The quantitative estimate of drug-likeness (QED) is 0.860. The summed E-state index contributed by atoms with van der Waals surface area (Å²) in [6, 6.07) is 10.7. The first-order valence-corrected chi connectivity index (χ1v) is 6.57. The lowest BCUT2D eigenvalue weighted by atomic mass is 10.1. The van der Waals surface area contributed by atoms with Crippen LogP contribution in [0.15, 0.2) is 42.5 Å². The van der Waals surface area contributed by atoms with Crippen LogP contribution in [-0.2, 0) is 6.54 Å². The number of halogens is 2. The highest BCUT2D eigenvalue weighted by Crippen LogP contribution is 2.18. The molecule has 0 spiro atoms. The molecule has 1 unspecified atom stereocenters. The molecule has 0 saturated carbocycles. The monoisotopic (exact) mass is 293 g/mol. The van der Waals surface area contributed by atoms with Gasteiger partial charge >= 0.3 is 0 Å². The molecule has 0 aliphatic rings. The van der Waals surface area contributed by atoms with Crippen LogP contribution in [0.4, 0.5) is 8.78 Å². The van der Waals surface area contributed by atoms with E-state index in [1.807, 2.05) is 0 Å². The van der Waals surface area contributed by atoms with Gasteiger partial charge in [-0.05, 0) is 23.8 Å². The van der Waals surface area contributed by atoms with Gasteiger partial charge in [-0.2, -0.15) is 0 Å². The van der Waals surface area contributed by atoms with Gasteiger partial charge in [-0.15, -0.1) is 0 Å². The molecule has 0 amide bonds. The van der Waals surface area contributed by atoms with Crippen LogP contribution in [0.2, 0.25) is 0 Å². The summed E-state index contributed by atoms with van der Waals surface area (Å²) in [5.74, 6) is -0.695. The van der Waals surface area contributed by atoms with Gasteiger partial charge in [-0.1, -0.05) is 24.3 Å². The van der Waals surface area contributed by atoms with E-state index in [-0.39, 0.29) is 17.9 Å². The number of nitrogens with one attached hydrogen (secondary N) is 1. The van der Waals surface area contributed by atoms with Gasteiger partial charge < -0.3 is 15.2 Å². The van der Waals surface area contributed by atoms with Crippen LogP contribution in [0.5, 0.6) is 5.75 Å². The molecular formula is C16H17F2NO2. The first-order chi connectivity index (χ1) is 10.1. The van der Waals surface area contributed by atoms with E-state index in [4.69, 9.17) is 4.74 Å². The van der Waals surface area contributed by atoms with Crippen LogP contribution in [0.3, 0.4) is 0 Å². The van der Waals surface area contributed by atoms with Gasteiger partial charge in [-0.3, -0.25) is 0 Å². The Kier molecular flexibility index (Phi) is 5.25. The fourth-order valence-electron chi connectivity index (χ4n) is 2.03. The maximum atomic E-state index is 13.5. The molecule has 2 rings (SSSR count). The molecule has 0 saturated heterocycles. The van der Waals surface area contributed by atoms with Crippen molar-refractivity contribution in [2.75, 3.05) is 13.7 Å². The van der Waals surface area contributed by atoms with Crippen molar-refractivity contribution in [2.45, 2.75) is 12.6 Å². The highest BCUT2D eigenvalue weighted by Gasteiger charge is 2.11. The summed E-state index contributed by atoms with van der Waals surface area (Å²) in [5.41, 5.74) is 0.958. The number of ether oxygens (including phenoxy) is 1. The second-order valence-electron chi connectivity index (χ2n) is 4.64. The number of aliphatic hydroxyl groups is 1. The highest BCUT2D eigenvalue weighted by atomic mass is 19.1. The molecule has 5 heteroatoms. The zero-order valence-electron chi connectivity index (χ0n) is 11.6. The van der Waals surface area contributed by atoms with Crippen molar-refractivity contribution in [3.63, 3.8) is 0 Å². The van der Waals surface area contributed by atoms with Gasteiger partial charge in [0.25, 0.3) is 0 Å². The molecule has 21 heavy (non-hydrogen) atoms. The number of aliphatic hydroxyl groups excluding tert-OH is 1. The van der Waals surface area contributed by atoms with Crippen molar-refractivity contribution in [1.29, 1.82) is 0 Å². The van der Waals surface area contributed by atoms with Crippen molar-refractivity contribution in [3.8, 4) is 5.75 Å². The van der Waals surface area contributed by atoms with E-state index in [2.05, 4.69) is 5.32 Å². The summed E-state index contributed by atoms with van der Waals surface area (Å²) in [4.78, 5) is 0. The Morgan fingerprint density at radius 2 is 1.90 bits per heavy atom. The third-order valence-electron chi connectivity index (χ3n) is 3.15. The van der Waals surface area contributed by atoms with Crippen LogP contribution in [0.1, 0.15) is 17.2 Å². The molecule has 0 aromatic heterocycles. The van der Waals surface area contributed by atoms with E-state index < -0.39 is 17.7 Å². The van der Waals surface area contributed by atoms with Gasteiger partial charge in [0.15, 0.2) is 11.6 Å². The fraction of sp³-hybridized carbons (Fsp3) is 0.250. The van der Waals surface area contributed by atoms with Crippen LogP contribution < -0.4 is 10.1 Å². The predicted molar refractivity (Wildman–Crippen MR) is 76.0 cm³/mol. The largest absolute Gasteiger partial charge is 0.494 e. The molecule has 0 bridgehead atoms. The van der Waals surface area contributed by atoms with E-state index in [1.165, 1.54) is 25.3 Å².